The number of unbranched alkanes of at least 4 members (excludes halogenated alkanes) is 3. The molecule has 0 radical (unpaired) electrons. The lowest BCUT2D eigenvalue weighted by molar-refractivity contribution is 0.0941. The third kappa shape index (κ3) is 5.29. The van der Waals surface area contributed by atoms with Gasteiger partial charge in [-0.1, -0.05) is 44.4 Å². The van der Waals surface area contributed by atoms with E-state index in [2.05, 4.69) is 17.3 Å². The van der Waals surface area contributed by atoms with Gasteiger partial charge in [0.25, 0.3) is 11.8 Å². The SMILES string of the molecule is CCCCCCc1c(C)nn(C(=O)c2ccc(NC(=O)c3ccccc3C)cc2)c1C. The van der Waals surface area contributed by atoms with E-state index < -0.39 is 0 Å². The Hall–Kier alpha value is -3.21. The van der Waals surface area contributed by atoms with E-state index in [0.717, 1.165) is 29.8 Å². The minimum Gasteiger partial charge on any atom is -0.322 e. The van der Waals surface area contributed by atoms with Crippen LogP contribution in [-0.2, 0) is 6.42 Å². The molecule has 0 aliphatic rings. The van der Waals surface area contributed by atoms with E-state index in [1.165, 1.54) is 29.5 Å². The van der Waals surface area contributed by atoms with Crippen molar-refractivity contribution in [2.45, 2.75) is 59.8 Å². The summed E-state index contributed by atoms with van der Waals surface area (Å²) in [5, 5.41) is 7.39. The smallest absolute Gasteiger partial charge is 0.278 e. The third-order valence-electron chi connectivity index (χ3n) is 5.69. The fourth-order valence-electron chi connectivity index (χ4n) is 3.81. The number of carbonyl (C=O) groups is 2. The number of nitrogens with zero attached hydrogens (tertiary/aromatic N) is 2. The van der Waals surface area contributed by atoms with Crippen molar-refractivity contribution in [3.8, 4) is 0 Å². The normalized spacial score (nSPS) is 10.8. The summed E-state index contributed by atoms with van der Waals surface area (Å²) in [7, 11) is 0. The van der Waals surface area contributed by atoms with Gasteiger partial charge in [-0.25, -0.2) is 4.68 Å². The van der Waals surface area contributed by atoms with Crippen LogP contribution >= 0.6 is 0 Å². The molecule has 0 fully saturated rings. The van der Waals surface area contributed by atoms with E-state index in [9.17, 15) is 9.59 Å². The van der Waals surface area contributed by atoms with Crippen molar-refractivity contribution in [1.29, 1.82) is 0 Å². The van der Waals surface area contributed by atoms with Crippen LogP contribution in [0.15, 0.2) is 48.5 Å². The molecule has 3 aromatic rings. The number of aryl methyl sites for hydroxylation is 2. The van der Waals surface area contributed by atoms with Crippen molar-refractivity contribution >= 4 is 17.5 Å². The summed E-state index contributed by atoms with van der Waals surface area (Å²) in [5.74, 6) is -0.319. The maximum absolute atomic E-state index is 13.0. The minimum atomic E-state index is -0.163. The second-order valence-electron chi connectivity index (χ2n) is 8.02. The number of hydrogen-bond acceptors (Lipinski definition) is 3. The Labute approximate surface area is 184 Å². The Kier molecular flexibility index (Phi) is 7.40. The van der Waals surface area contributed by atoms with E-state index in [1.54, 1.807) is 30.3 Å². The van der Waals surface area contributed by atoms with E-state index in [-0.39, 0.29) is 11.8 Å². The first-order valence-electron chi connectivity index (χ1n) is 11.0. The highest BCUT2D eigenvalue weighted by molar-refractivity contribution is 6.05. The van der Waals surface area contributed by atoms with Crippen LogP contribution in [0.1, 0.15) is 75.8 Å². The molecule has 0 aliphatic carbocycles. The number of aromatic nitrogens is 2. The Balaban J connectivity index is 1.70. The zero-order valence-corrected chi connectivity index (χ0v) is 18.9. The predicted molar refractivity (Wildman–Crippen MR) is 125 cm³/mol. The monoisotopic (exact) mass is 417 g/mol. The van der Waals surface area contributed by atoms with Crippen LogP contribution in [0.25, 0.3) is 0 Å². The summed E-state index contributed by atoms with van der Waals surface area (Å²) in [5.41, 5.74) is 5.75. The molecule has 1 heterocycles. The summed E-state index contributed by atoms with van der Waals surface area (Å²) in [6, 6.07) is 14.4. The Morgan fingerprint density at radius 2 is 1.65 bits per heavy atom. The lowest BCUT2D eigenvalue weighted by Crippen LogP contribution is -2.16. The van der Waals surface area contributed by atoms with E-state index in [0.29, 0.717) is 16.8 Å². The fraction of sp³-hybridized carbons (Fsp3) is 0.346. The molecule has 0 atom stereocenters. The quantitative estimate of drug-likeness (QED) is 0.466. The van der Waals surface area contributed by atoms with Crippen molar-refractivity contribution in [2.24, 2.45) is 0 Å². The molecule has 5 nitrogen and oxygen atoms in total. The second kappa shape index (κ2) is 10.2. The zero-order valence-electron chi connectivity index (χ0n) is 18.9. The number of hydrogen-bond donors (Lipinski definition) is 1. The zero-order chi connectivity index (χ0) is 22.4. The van der Waals surface area contributed by atoms with Crippen LogP contribution in [0.4, 0.5) is 5.69 Å². The summed E-state index contributed by atoms with van der Waals surface area (Å²) in [6.07, 6.45) is 5.71. The van der Waals surface area contributed by atoms with Gasteiger partial charge in [0.2, 0.25) is 0 Å². The predicted octanol–water partition coefficient (Wildman–Crippen LogP) is 5.87. The molecule has 1 aromatic heterocycles. The van der Waals surface area contributed by atoms with Gasteiger partial charge in [0.15, 0.2) is 0 Å². The first-order valence-corrected chi connectivity index (χ1v) is 11.0. The van der Waals surface area contributed by atoms with Crippen molar-refractivity contribution in [1.82, 2.24) is 9.78 Å². The van der Waals surface area contributed by atoms with E-state index in [1.807, 2.05) is 39.0 Å². The lowest BCUT2D eigenvalue weighted by atomic mass is 10.0. The number of anilines is 1. The molecule has 2 aromatic carbocycles. The van der Waals surface area contributed by atoms with Gasteiger partial charge in [0, 0.05) is 22.5 Å². The van der Waals surface area contributed by atoms with Crippen LogP contribution in [0, 0.1) is 20.8 Å². The first kappa shape index (κ1) is 22.5. The minimum absolute atomic E-state index is 0.155. The highest BCUT2D eigenvalue weighted by Crippen LogP contribution is 2.19. The molecule has 0 spiro atoms. The molecule has 31 heavy (non-hydrogen) atoms. The van der Waals surface area contributed by atoms with Crippen LogP contribution < -0.4 is 5.32 Å². The van der Waals surface area contributed by atoms with E-state index in [4.69, 9.17) is 0 Å². The molecule has 0 saturated heterocycles. The highest BCUT2D eigenvalue weighted by Gasteiger charge is 2.18. The maximum atomic E-state index is 13.0. The molecule has 0 aliphatic heterocycles. The summed E-state index contributed by atoms with van der Waals surface area (Å²) >= 11 is 0. The van der Waals surface area contributed by atoms with Gasteiger partial charge in [0.05, 0.1) is 5.69 Å². The molecule has 0 bridgehead atoms. The lowest BCUT2D eigenvalue weighted by Gasteiger charge is -2.09. The highest BCUT2D eigenvalue weighted by atomic mass is 16.2. The van der Waals surface area contributed by atoms with Crippen LogP contribution in [0.2, 0.25) is 0 Å². The second-order valence-corrected chi connectivity index (χ2v) is 8.02. The largest absolute Gasteiger partial charge is 0.322 e. The van der Waals surface area contributed by atoms with Gasteiger partial charge in [-0.15, -0.1) is 0 Å². The van der Waals surface area contributed by atoms with Crippen molar-refractivity contribution in [3.05, 3.63) is 82.2 Å². The molecular formula is C26H31N3O2. The molecule has 1 amide bonds. The standard InChI is InChI=1S/C26H31N3O2/c1-5-6-7-8-13-24-19(3)28-29(20(24)4)26(31)21-14-16-22(17-15-21)27-25(30)23-12-10-9-11-18(23)2/h9-12,14-17H,5-8,13H2,1-4H3,(H,27,30). The topological polar surface area (TPSA) is 64.0 Å². The first-order chi connectivity index (χ1) is 14.9. The molecular weight excluding hydrogens is 386 g/mol. The van der Waals surface area contributed by atoms with Gasteiger partial charge in [-0.2, -0.15) is 5.10 Å². The average Bonchev–Trinajstić information content (AvgIpc) is 3.05. The Bertz CT molecular complexity index is 1060. The average molecular weight is 418 g/mol. The Morgan fingerprint density at radius 3 is 2.32 bits per heavy atom. The summed E-state index contributed by atoms with van der Waals surface area (Å²) < 4.78 is 1.51. The molecule has 5 heteroatoms. The van der Waals surface area contributed by atoms with Crippen LogP contribution in [-0.4, -0.2) is 21.6 Å². The van der Waals surface area contributed by atoms with Crippen molar-refractivity contribution in [2.75, 3.05) is 5.32 Å². The van der Waals surface area contributed by atoms with E-state index >= 15 is 0 Å². The molecule has 0 saturated carbocycles. The number of rotatable bonds is 8. The van der Waals surface area contributed by atoms with Gasteiger partial charge in [-0.05, 0) is 75.1 Å². The van der Waals surface area contributed by atoms with Gasteiger partial charge < -0.3 is 5.32 Å². The Morgan fingerprint density at radius 1 is 0.935 bits per heavy atom. The van der Waals surface area contributed by atoms with Crippen LogP contribution in [0.3, 0.4) is 0 Å². The third-order valence-corrected chi connectivity index (χ3v) is 5.69. The number of amides is 1. The number of carbonyl (C=O) groups excluding carboxylic acids is 2. The molecule has 162 valence electrons. The molecule has 0 unspecified atom stereocenters. The van der Waals surface area contributed by atoms with Crippen molar-refractivity contribution < 1.29 is 9.59 Å². The number of nitrogens with one attached hydrogen (secondary N) is 1. The van der Waals surface area contributed by atoms with Gasteiger partial charge in [0.1, 0.15) is 0 Å². The summed E-state index contributed by atoms with van der Waals surface area (Å²) in [6.45, 7) is 8.04. The molecule has 3 rings (SSSR count). The van der Waals surface area contributed by atoms with Gasteiger partial charge >= 0.3 is 0 Å². The van der Waals surface area contributed by atoms with Crippen molar-refractivity contribution in [3.63, 3.8) is 0 Å². The van der Waals surface area contributed by atoms with Crippen LogP contribution in [0.5, 0.6) is 0 Å². The van der Waals surface area contributed by atoms with Gasteiger partial charge in [-0.3, -0.25) is 9.59 Å². The fourth-order valence-corrected chi connectivity index (χ4v) is 3.81. The summed E-state index contributed by atoms with van der Waals surface area (Å²) in [4.78, 5) is 25.5. The number of benzene rings is 2. The molecule has 1 N–H and O–H groups in total. The maximum Gasteiger partial charge on any atom is 0.278 e.